The summed E-state index contributed by atoms with van der Waals surface area (Å²) in [5, 5.41) is 6.27. The zero-order valence-corrected chi connectivity index (χ0v) is 14.1. The number of benzene rings is 2. The molecule has 0 spiro atoms. The monoisotopic (exact) mass is 307 g/mol. The van der Waals surface area contributed by atoms with E-state index >= 15 is 0 Å². The molecule has 2 heterocycles. The summed E-state index contributed by atoms with van der Waals surface area (Å²) in [6.45, 7) is 10.1. The van der Waals surface area contributed by atoms with Gasteiger partial charge < -0.3 is 15.2 Å². The molecule has 1 aliphatic heterocycles. The maximum absolute atomic E-state index is 3.64. The van der Waals surface area contributed by atoms with Gasteiger partial charge in [-0.05, 0) is 43.0 Å². The fourth-order valence-electron chi connectivity index (χ4n) is 3.85. The van der Waals surface area contributed by atoms with Crippen LogP contribution in [-0.4, -0.2) is 42.6 Å². The first-order valence-electron chi connectivity index (χ1n) is 8.66. The second-order valence-electron chi connectivity index (χ2n) is 6.76. The summed E-state index contributed by atoms with van der Waals surface area (Å²) in [5.74, 6) is 0. The third-order valence-electron chi connectivity index (χ3n) is 5.19. The Balaban J connectivity index is 1.75. The molecule has 3 aromatic rings. The molecule has 2 N–H and O–H groups in total. The summed E-state index contributed by atoms with van der Waals surface area (Å²) in [5.41, 5.74) is 6.74. The van der Waals surface area contributed by atoms with Crippen LogP contribution in [0.4, 0.5) is 0 Å². The van der Waals surface area contributed by atoms with Gasteiger partial charge in [-0.2, -0.15) is 0 Å². The van der Waals surface area contributed by atoms with Gasteiger partial charge in [0.1, 0.15) is 0 Å². The SMILES string of the molecule is Cc1ccc(C)c2c1[nH]c1cccc(CCN3CCNCC3)c12. The summed E-state index contributed by atoms with van der Waals surface area (Å²) in [4.78, 5) is 6.21. The molecule has 0 amide bonds. The lowest BCUT2D eigenvalue weighted by atomic mass is 9.99. The molecule has 1 aliphatic rings. The standard InChI is InChI=1S/C20H25N3/c1-14-6-7-15(2)20-18(14)19-16(4-3-5-17(19)22-20)8-11-23-12-9-21-10-13-23/h3-7,21-22H,8-13H2,1-2H3. The Morgan fingerprint density at radius 1 is 0.957 bits per heavy atom. The Morgan fingerprint density at radius 2 is 1.74 bits per heavy atom. The third kappa shape index (κ3) is 2.64. The van der Waals surface area contributed by atoms with Crippen molar-refractivity contribution in [1.29, 1.82) is 0 Å². The molecule has 0 bridgehead atoms. The number of aryl methyl sites for hydroxylation is 2. The van der Waals surface area contributed by atoms with Gasteiger partial charge in [0.05, 0.1) is 0 Å². The van der Waals surface area contributed by atoms with Gasteiger partial charge >= 0.3 is 0 Å². The average Bonchev–Trinajstić information content (AvgIpc) is 2.99. The van der Waals surface area contributed by atoms with E-state index in [1.54, 1.807) is 0 Å². The predicted molar refractivity (Wildman–Crippen MR) is 98.3 cm³/mol. The van der Waals surface area contributed by atoms with Crippen molar-refractivity contribution < 1.29 is 0 Å². The van der Waals surface area contributed by atoms with Gasteiger partial charge in [0.15, 0.2) is 0 Å². The second kappa shape index (κ2) is 5.99. The number of nitrogens with one attached hydrogen (secondary N) is 2. The quantitative estimate of drug-likeness (QED) is 0.777. The van der Waals surface area contributed by atoms with Crippen LogP contribution in [0.25, 0.3) is 21.8 Å². The first kappa shape index (κ1) is 14.7. The number of aromatic amines is 1. The van der Waals surface area contributed by atoms with Crippen LogP contribution in [-0.2, 0) is 6.42 Å². The zero-order chi connectivity index (χ0) is 15.8. The molecular weight excluding hydrogens is 282 g/mol. The highest BCUT2D eigenvalue weighted by Crippen LogP contribution is 2.32. The highest BCUT2D eigenvalue weighted by atomic mass is 15.2. The van der Waals surface area contributed by atoms with E-state index in [9.17, 15) is 0 Å². The fraction of sp³-hybridized carbons (Fsp3) is 0.400. The van der Waals surface area contributed by atoms with Crippen molar-refractivity contribution >= 4 is 21.8 Å². The van der Waals surface area contributed by atoms with Crippen LogP contribution < -0.4 is 5.32 Å². The van der Waals surface area contributed by atoms with Gasteiger partial charge in [-0.1, -0.05) is 24.3 Å². The first-order valence-corrected chi connectivity index (χ1v) is 8.66. The molecule has 3 heteroatoms. The largest absolute Gasteiger partial charge is 0.354 e. The van der Waals surface area contributed by atoms with Crippen molar-refractivity contribution in [2.45, 2.75) is 20.3 Å². The number of hydrogen-bond acceptors (Lipinski definition) is 2. The van der Waals surface area contributed by atoms with E-state index in [2.05, 4.69) is 59.4 Å². The van der Waals surface area contributed by atoms with Crippen LogP contribution in [0.15, 0.2) is 30.3 Å². The van der Waals surface area contributed by atoms with Crippen molar-refractivity contribution in [2.75, 3.05) is 32.7 Å². The topological polar surface area (TPSA) is 31.1 Å². The summed E-state index contributed by atoms with van der Waals surface area (Å²) in [6, 6.07) is 11.2. The number of fused-ring (bicyclic) bond motifs is 3. The van der Waals surface area contributed by atoms with E-state index in [0.29, 0.717) is 0 Å². The predicted octanol–water partition coefficient (Wildman–Crippen LogP) is 3.39. The zero-order valence-electron chi connectivity index (χ0n) is 14.1. The minimum Gasteiger partial charge on any atom is -0.354 e. The molecule has 120 valence electrons. The molecule has 1 saturated heterocycles. The Bertz CT molecular complexity index is 841. The van der Waals surface area contributed by atoms with Crippen molar-refractivity contribution in [3.63, 3.8) is 0 Å². The number of hydrogen-bond donors (Lipinski definition) is 2. The Morgan fingerprint density at radius 3 is 2.57 bits per heavy atom. The molecule has 2 aromatic carbocycles. The van der Waals surface area contributed by atoms with Gasteiger partial charge in [-0.25, -0.2) is 0 Å². The van der Waals surface area contributed by atoms with Crippen LogP contribution in [0.1, 0.15) is 16.7 Å². The second-order valence-corrected chi connectivity index (χ2v) is 6.76. The third-order valence-corrected chi connectivity index (χ3v) is 5.19. The molecular formula is C20H25N3. The summed E-state index contributed by atoms with van der Waals surface area (Å²) in [6.07, 6.45) is 1.12. The molecule has 0 atom stereocenters. The van der Waals surface area contributed by atoms with E-state index in [-0.39, 0.29) is 0 Å². The van der Waals surface area contributed by atoms with Gasteiger partial charge in [-0.15, -0.1) is 0 Å². The molecule has 1 fully saturated rings. The lowest BCUT2D eigenvalue weighted by Gasteiger charge is -2.27. The van der Waals surface area contributed by atoms with E-state index in [0.717, 1.165) is 26.1 Å². The Hall–Kier alpha value is -1.84. The van der Waals surface area contributed by atoms with Crippen LogP contribution in [0.3, 0.4) is 0 Å². The molecule has 4 rings (SSSR count). The number of piperazine rings is 1. The van der Waals surface area contributed by atoms with E-state index in [4.69, 9.17) is 0 Å². The number of H-pyrrole nitrogens is 1. The summed E-state index contributed by atoms with van der Waals surface area (Å²) < 4.78 is 0. The fourth-order valence-corrected chi connectivity index (χ4v) is 3.85. The van der Waals surface area contributed by atoms with E-state index < -0.39 is 0 Å². The van der Waals surface area contributed by atoms with Gasteiger partial charge in [0.25, 0.3) is 0 Å². The highest BCUT2D eigenvalue weighted by molar-refractivity contribution is 6.11. The number of rotatable bonds is 3. The van der Waals surface area contributed by atoms with Crippen molar-refractivity contribution in [3.8, 4) is 0 Å². The minimum absolute atomic E-state index is 1.12. The lowest BCUT2D eigenvalue weighted by molar-refractivity contribution is 0.244. The van der Waals surface area contributed by atoms with Crippen LogP contribution >= 0.6 is 0 Å². The molecule has 0 saturated carbocycles. The van der Waals surface area contributed by atoms with E-state index in [1.165, 1.54) is 51.6 Å². The summed E-state index contributed by atoms with van der Waals surface area (Å²) in [7, 11) is 0. The smallest absolute Gasteiger partial charge is 0.0497 e. The van der Waals surface area contributed by atoms with Crippen LogP contribution in [0.2, 0.25) is 0 Å². The minimum atomic E-state index is 1.12. The van der Waals surface area contributed by atoms with Crippen LogP contribution in [0, 0.1) is 13.8 Å². The maximum Gasteiger partial charge on any atom is 0.0497 e. The van der Waals surface area contributed by atoms with Crippen LogP contribution in [0.5, 0.6) is 0 Å². The average molecular weight is 307 g/mol. The van der Waals surface area contributed by atoms with Crippen molar-refractivity contribution in [2.24, 2.45) is 0 Å². The highest BCUT2D eigenvalue weighted by Gasteiger charge is 2.14. The molecule has 0 aliphatic carbocycles. The molecule has 0 radical (unpaired) electrons. The summed E-state index contributed by atoms with van der Waals surface area (Å²) >= 11 is 0. The lowest BCUT2D eigenvalue weighted by Crippen LogP contribution is -2.44. The normalized spacial score (nSPS) is 16.4. The first-order chi connectivity index (χ1) is 11.2. The van der Waals surface area contributed by atoms with Gasteiger partial charge in [0.2, 0.25) is 0 Å². The Kier molecular flexibility index (Phi) is 3.83. The molecule has 3 nitrogen and oxygen atoms in total. The van der Waals surface area contributed by atoms with Gasteiger partial charge in [0, 0.05) is 54.5 Å². The van der Waals surface area contributed by atoms with E-state index in [1.807, 2.05) is 0 Å². The number of aromatic nitrogens is 1. The molecule has 23 heavy (non-hydrogen) atoms. The van der Waals surface area contributed by atoms with Crippen molar-refractivity contribution in [3.05, 3.63) is 47.0 Å². The van der Waals surface area contributed by atoms with Crippen molar-refractivity contribution in [1.82, 2.24) is 15.2 Å². The number of nitrogens with zero attached hydrogens (tertiary/aromatic N) is 1. The molecule has 0 unspecified atom stereocenters. The Labute approximate surface area is 137 Å². The molecule has 1 aromatic heterocycles. The maximum atomic E-state index is 3.64. The van der Waals surface area contributed by atoms with Gasteiger partial charge in [-0.3, -0.25) is 0 Å².